The molecule has 1 amide bonds. The van der Waals surface area contributed by atoms with E-state index < -0.39 is 5.54 Å². The molecule has 19 heavy (non-hydrogen) atoms. The van der Waals surface area contributed by atoms with Gasteiger partial charge in [0.25, 0.3) is 0 Å². The average molecular weight is 262 g/mol. The lowest BCUT2D eigenvalue weighted by atomic mass is 10.1. The molecular formula is C14H18N2O3. The van der Waals surface area contributed by atoms with Crippen LogP contribution in [0.25, 0.3) is 0 Å². The van der Waals surface area contributed by atoms with Crippen molar-refractivity contribution < 1.29 is 14.3 Å². The average Bonchev–Trinajstić information content (AvgIpc) is 3.17. The summed E-state index contributed by atoms with van der Waals surface area (Å²) < 4.78 is 11.0. The van der Waals surface area contributed by atoms with Gasteiger partial charge < -0.3 is 20.1 Å². The van der Waals surface area contributed by atoms with Crippen LogP contribution in [0, 0.1) is 0 Å². The molecule has 5 heteroatoms. The fourth-order valence-corrected chi connectivity index (χ4v) is 2.26. The summed E-state index contributed by atoms with van der Waals surface area (Å²) >= 11 is 0. The van der Waals surface area contributed by atoms with Gasteiger partial charge in [-0.2, -0.15) is 0 Å². The number of hydrogen-bond donors (Lipinski definition) is 1. The van der Waals surface area contributed by atoms with Gasteiger partial charge in [0.1, 0.15) is 13.2 Å². The summed E-state index contributed by atoms with van der Waals surface area (Å²) in [5.74, 6) is 1.53. The number of fused-ring (bicyclic) bond motifs is 1. The van der Waals surface area contributed by atoms with Gasteiger partial charge in [0.2, 0.25) is 5.91 Å². The van der Waals surface area contributed by atoms with Crippen LogP contribution in [-0.2, 0) is 11.3 Å². The summed E-state index contributed by atoms with van der Waals surface area (Å²) in [6.07, 6.45) is 1.58. The van der Waals surface area contributed by atoms with Crippen LogP contribution < -0.4 is 15.2 Å². The highest BCUT2D eigenvalue weighted by atomic mass is 16.6. The van der Waals surface area contributed by atoms with Crippen LogP contribution in [0.2, 0.25) is 0 Å². The maximum absolute atomic E-state index is 12.1. The van der Waals surface area contributed by atoms with Gasteiger partial charge in [-0.15, -0.1) is 0 Å². The molecule has 1 aliphatic heterocycles. The minimum absolute atomic E-state index is 0.0161. The first-order valence-corrected chi connectivity index (χ1v) is 6.51. The molecule has 0 atom stereocenters. The number of rotatable bonds is 3. The van der Waals surface area contributed by atoms with E-state index in [2.05, 4.69) is 0 Å². The smallest absolute Gasteiger partial charge is 0.242 e. The molecule has 2 N–H and O–H groups in total. The van der Waals surface area contributed by atoms with Crippen LogP contribution in [0.4, 0.5) is 0 Å². The Morgan fingerprint density at radius 3 is 2.68 bits per heavy atom. The number of likely N-dealkylation sites (N-methyl/N-ethyl adjacent to an activating group) is 1. The second kappa shape index (κ2) is 4.42. The molecule has 1 fully saturated rings. The molecule has 1 heterocycles. The van der Waals surface area contributed by atoms with E-state index >= 15 is 0 Å². The van der Waals surface area contributed by atoms with Crippen molar-refractivity contribution in [1.82, 2.24) is 4.90 Å². The number of benzene rings is 1. The first-order valence-electron chi connectivity index (χ1n) is 6.51. The quantitative estimate of drug-likeness (QED) is 0.879. The van der Waals surface area contributed by atoms with Crippen LogP contribution in [0.15, 0.2) is 18.2 Å². The van der Waals surface area contributed by atoms with Crippen molar-refractivity contribution in [2.75, 3.05) is 20.3 Å². The molecule has 1 saturated carbocycles. The Kier molecular flexibility index (Phi) is 2.86. The Balaban J connectivity index is 1.71. The largest absolute Gasteiger partial charge is 0.486 e. The van der Waals surface area contributed by atoms with E-state index in [0.29, 0.717) is 19.8 Å². The van der Waals surface area contributed by atoms with Crippen molar-refractivity contribution in [3.8, 4) is 11.5 Å². The predicted molar refractivity (Wildman–Crippen MR) is 70.1 cm³/mol. The highest BCUT2D eigenvalue weighted by molar-refractivity contribution is 5.88. The third kappa shape index (κ3) is 2.38. The molecule has 0 saturated heterocycles. The topological polar surface area (TPSA) is 64.8 Å². The first-order chi connectivity index (χ1) is 9.08. The summed E-state index contributed by atoms with van der Waals surface area (Å²) in [6, 6.07) is 5.76. The molecule has 2 aliphatic rings. The maximum Gasteiger partial charge on any atom is 0.242 e. The molecule has 0 bridgehead atoms. The first kappa shape index (κ1) is 12.3. The third-order valence-electron chi connectivity index (χ3n) is 3.59. The second-order valence-corrected chi connectivity index (χ2v) is 5.30. The molecule has 0 aromatic heterocycles. The van der Waals surface area contributed by atoms with Gasteiger partial charge in [0, 0.05) is 13.6 Å². The van der Waals surface area contributed by atoms with Gasteiger partial charge in [0.15, 0.2) is 11.5 Å². The zero-order valence-corrected chi connectivity index (χ0v) is 11.0. The molecule has 102 valence electrons. The molecule has 0 spiro atoms. The van der Waals surface area contributed by atoms with E-state index in [1.54, 1.807) is 11.9 Å². The summed E-state index contributed by atoms with van der Waals surface area (Å²) in [4.78, 5) is 13.7. The zero-order valence-electron chi connectivity index (χ0n) is 11.0. The van der Waals surface area contributed by atoms with Gasteiger partial charge in [-0.1, -0.05) is 6.07 Å². The number of nitrogens with zero attached hydrogens (tertiary/aromatic N) is 1. The van der Waals surface area contributed by atoms with Crippen molar-refractivity contribution in [1.29, 1.82) is 0 Å². The predicted octanol–water partition coefficient (Wildman–Crippen LogP) is 0.907. The van der Waals surface area contributed by atoms with E-state index in [9.17, 15) is 4.79 Å². The van der Waals surface area contributed by atoms with Gasteiger partial charge in [-0.3, -0.25) is 4.79 Å². The van der Waals surface area contributed by atoms with E-state index in [1.807, 2.05) is 18.2 Å². The Morgan fingerprint density at radius 1 is 1.32 bits per heavy atom. The lowest BCUT2D eigenvalue weighted by Crippen LogP contribution is -2.43. The minimum Gasteiger partial charge on any atom is -0.486 e. The van der Waals surface area contributed by atoms with Crippen LogP contribution in [-0.4, -0.2) is 36.6 Å². The number of carbonyl (C=O) groups excluding carboxylic acids is 1. The fraction of sp³-hybridized carbons (Fsp3) is 0.500. The lowest BCUT2D eigenvalue weighted by Gasteiger charge is -2.23. The van der Waals surface area contributed by atoms with E-state index in [4.69, 9.17) is 15.2 Å². The summed E-state index contributed by atoms with van der Waals surface area (Å²) in [6.45, 7) is 1.69. The van der Waals surface area contributed by atoms with Crippen LogP contribution >= 0.6 is 0 Å². The van der Waals surface area contributed by atoms with Crippen LogP contribution in [0.1, 0.15) is 18.4 Å². The zero-order chi connectivity index (χ0) is 13.5. The van der Waals surface area contributed by atoms with Crippen molar-refractivity contribution in [3.63, 3.8) is 0 Å². The Morgan fingerprint density at radius 2 is 2.00 bits per heavy atom. The Bertz CT molecular complexity index is 511. The number of amides is 1. The van der Waals surface area contributed by atoms with Gasteiger partial charge >= 0.3 is 0 Å². The van der Waals surface area contributed by atoms with Crippen molar-refractivity contribution in [3.05, 3.63) is 23.8 Å². The van der Waals surface area contributed by atoms with Gasteiger partial charge in [0.05, 0.1) is 5.54 Å². The van der Waals surface area contributed by atoms with Crippen molar-refractivity contribution in [2.24, 2.45) is 5.73 Å². The summed E-state index contributed by atoms with van der Waals surface area (Å²) in [7, 11) is 1.78. The lowest BCUT2D eigenvalue weighted by molar-refractivity contribution is -0.132. The van der Waals surface area contributed by atoms with Crippen LogP contribution in [0.5, 0.6) is 11.5 Å². The standard InChI is InChI=1S/C14H18N2O3/c1-16(13(17)14(15)4-5-14)9-10-2-3-11-12(8-10)19-7-6-18-11/h2-3,8H,4-7,9,15H2,1H3. The van der Waals surface area contributed by atoms with E-state index in [0.717, 1.165) is 29.9 Å². The Hall–Kier alpha value is -1.75. The Labute approximate surface area is 112 Å². The van der Waals surface area contributed by atoms with Crippen LogP contribution in [0.3, 0.4) is 0 Å². The maximum atomic E-state index is 12.1. The fourth-order valence-electron chi connectivity index (χ4n) is 2.26. The summed E-state index contributed by atoms with van der Waals surface area (Å²) in [5.41, 5.74) is 6.33. The highest BCUT2D eigenvalue weighted by Crippen LogP contribution is 2.35. The van der Waals surface area contributed by atoms with E-state index in [-0.39, 0.29) is 5.91 Å². The number of hydrogen-bond acceptors (Lipinski definition) is 4. The third-order valence-corrected chi connectivity index (χ3v) is 3.59. The number of carbonyl (C=O) groups is 1. The molecule has 1 aromatic carbocycles. The van der Waals surface area contributed by atoms with Gasteiger partial charge in [-0.25, -0.2) is 0 Å². The summed E-state index contributed by atoms with van der Waals surface area (Å²) in [5, 5.41) is 0. The second-order valence-electron chi connectivity index (χ2n) is 5.30. The monoisotopic (exact) mass is 262 g/mol. The normalized spacial score (nSPS) is 18.8. The SMILES string of the molecule is CN(Cc1ccc2c(c1)OCCO2)C(=O)C1(N)CC1. The highest BCUT2D eigenvalue weighted by Gasteiger charge is 2.47. The van der Waals surface area contributed by atoms with Gasteiger partial charge in [-0.05, 0) is 30.5 Å². The molecule has 0 radical (unpaired) electrons. The van der Waals surface area contributed by atoms with E-state index in [1.165, 1.54) is 0 Å². The molecule has 5 nitrogen and oxygen atoms in total. The number of nitrogens with two attached hydrogens (primary N) is 1. The molecular weight excluding hydrogens is 244 g/mol. The molecule has 1 aliphatic carbocycles. The minimum atomic E-state index is -0.609. The number of ether oxygens (including phenoxy) is 2. The molecule has 1 aromatic rings. The van der Waals surface area contributed by atoms with Crippen molar-refractivity contribution >= 4 is 5.91 Å². The van der Waals surface area contributed by atoms with Crippen molar-refractivity contribution in [2.45, 2.75) is 24.9 Å². The molecule has 0 unspecified atom stereocenters. The molecule has 3 rings (SSSR count).